The van der Waals surface area contributed by atoms with Gasteiger partial charge in [-0.05, 0) is 49.7 Å². The summed E-state index contributed by atoms with van der Waals surface area (Å²) in [5, 5.41) is 12.0. The van der Waals surface area contributed by atoms with Crippen LogP contribution in [-0.2, 0) is 6.54 Å². The van der Waals surface area contributed by atoms with Gasteiger partial charge >= 0.3 is 0 Å². The Bertz CT molecular complexity index is 973. The van der Waals surface area contributed by atoms with Crippen molar-refractivity contribution in [2.75, 3.05) is 36.9 Å². The normalized spacial score (nSPS) is 20.7. The van der Waals surface area contributed by atoms with E-state index in [-0.39, 0.29) is 5.54 Å². The first kappa shape index (κ1) is 18.9. The van der Waals surface area contributed by atoms with E-state index in [0.29, 0.717) is 41.3 Å². The second kappa shape index (κ2) is 7.59. The van der Waals surface area contributed by atoms with E-state index >= 15 is 0 Å². The summed E-state index contributed by atoms with van der Waals surface area (Å²) in [6.07, 6.45) is 1.83. The Kier molecular flexibility index (Phi) is 4.94. The van der Waals surface area contributed by atoms with Gasteiger partial charge in [-0.2, -0.15) is 0 Å². The first-order chi connectivity index (χ1) is 14.1. The number of anilines is 2. The summed E-state index contributed by atoms with van der Waals surface area (Å²) in [5.41, 5.74) is 2.55. The molecule has 8 heteroatoms. The van der Waals surface area contributed by atoms with Crippen molar-refractivity contribution < 1.29 is 9.47 Å². The minimum absolute atomic E-state index is 0.274. The van der Waals surface area contributed by atoms with Crippen molar-refractivity contribution in [2.24, 2.45) is 4.99 Å². The Labute approximate surface area is 179 Å². The van der Waals surface area contributed by atoms with E-state index in [1.165, 1.54) is 0 Å². The lowest BCUT2D eigenvalue weighted by molar-refractivity contribution is 0.173. The Morgan fingerprint density at radius 3 is 2.62 bits per heavy atom. The summed E-state index contributed by atoms with van der Waals surface area (Å²) >= 11 is 12.6. The number of halogens is 2. The van der Waals surface area contributed by atoms with Crippen LogP contribution in [-0.4, -0.2) is 37.7 Å². The van der Waals surface area contributed by atoms with Crippen molar-refractivity contribution in [1.82, 2.24) is 5.32 Å². The lowest BCUT2D eigenvalue weighted by Crippen LogP contribution is -2.58. The molecule has 6 nitrogen and oxygen atoms in total. The van der Waals surface area contributed by atoms with Crippen molar-refractivity contribution in [1.29, 1.82) is 0 Å². The van der Waals surface area contributed by atoms with Gasteiger partial charge in [0, 0.05) is 5.02 Å². The van der Waals surface area contributed by atoms with Crippen LogP contribution in [0.25, 0.3) is 0 Å². The summed E-state index contributed by atoms with van der Waals surface area (Å²) in [6, 6.07) is 9.71. The maximum atomic E-state index is 6.47. The molecule has 0 radical (unpaired) electrons. The molecule has 1 fully saturated rings. The molecule has 0 unspecified atom stereocenters. The summed E-state index contributed by atoms with van der Waals surface area (Å²) < 4.78 is 11.7. The van der Waals surface area contributed by atoms with Crippen molar-refractivity contribution in [3.05, 3.63) is 45.9 Å². The summed E-state index contributed by atoms with van der Waals surface area (Å²) in [5.74, 6) is 2.14. The molecule has 3 heterocycles. The van der Waals surface area contributed by atoms with Gasteiger partial charge in [0.05, 0.1) is 22.8 Å². The molecule has 0 atom stereocenters. The van der Waals surface area contributed by atoms with E-state index in [1.54, 1.807) is 0 Å². The molecular formula is C21H22Cl2N4O2. The molecule has 2 aromatic rings. The van der Waals surface area contributed by atoms with Crippen molar-refractivity contribution >= 4 is 40.4 Å². The largest absolute Gasteiger partial charge is 0.484 e. The van der Waals surface area contributed by atoms with Gasteiger partial charge in [0.2, 0.25) is 0 Å². The average molecular weight is 433 g/mol. The van der Waals surface area contributed by atoms with E-state index in [0.717, 1.165) is 48.7 Å². The number of nitrogens with one attached hydrogen (secondary N) is 3. The molecule has 1 saturated heterocycles. The maximum Gasteiger partial charge on any atom is 0.188 e. The predicted octanol–water partition coefficient (Wildman–Crippen LogP) is 4.32. The predicted molar refractivity (Wildman–Crippen MR) is 117 cm³/mol. The zero-order valence-corrected chi connectivity index (χ0v) is 17.4. The molecule has 3 aliphatic rings. The van der Waals surface area contributed by atoms with Gasteiger partial charge in [-0.15, -0.1) is 0 Å². The molecule has 5 rings (SSSR count). The van der Waals surface area contributed by atoms with Gasteiger partial charge in [0.25, 0.3) is 0 Å². The van der Waals surface area contributed by atoms with Crippen LogP contribution in [0.15, 0.2) is 35.3 Å². The Morgan fingerprint density at radius 1 is 1.03 bits per heavy atom. The summed E-state index contributed by atoms with van der Waals surface area (Å²) in [7, 11) is 0. The van der Waals surface area contributed by atoms with Crippen molar-refractivity contribution in [2.45, 2.75) is 24.9 Å². The molecule has 3 aliphatic heterocycles. The highest BCUT2D eigenvalue weighted by atomic mass is 35.5. The molecule has 0 saturated carbocycles. The van der Waals surface area contributed by atoms with Crippen molar-refractivity contribution in [3.63, 3.8) is 0 Å². The van der Waals surface area contributed by atoms with Crippen LogP contribution in [0.1, 0.15) is 18.4 Å². The topological polar surface area (TPSA) is 66.9 Å². The van der Waals surface area contributed by atoms with Crippen LogP contribution in [0.5, 0.6) is 11.5 Å². The summed E-state index contributed by atoms with van der Waals surface area (Å²) in [4.78, 5) is 4.97. The third-order valence-electron chi connectivity index (χ3n) is 5.60. The molecule has 29 heavy (non-hydrogen) atoms. The van der Waals surface area contributed by atoms with Gasteiger partial charge < -0.3 is 25.4 Å². The minimum Gasteiger partial charge on any atom is -0.484 e. The number of amidine groups is 1. The van der Waals surface area contributed by atoms with E-state index in [2.05, 4.69) is 16.0 Å². The maximum absolute atomic E-state index is 6.47. The second-order valence-corrected chi connectivity index (χ2v) is 8.36. The van der Waals surface area contributed by atoms with Gasteiger partial charge in [-0.3, -0.25) is 4.99 Å². The fourth-order valence-corrected chi connectivity index (χ4v) is 4.62. The van der Waals surface area contributed by atoms with Gasteiger partial charge in [0.15, 0.2) is 11.5 Å². The molecule has 2 aromatic carbocycles. The number of ether oxygens (including phenoxy) is 2. The first-order valence-electron chi connectivity index (χ1n) is 9.82. The fraction of sp³-hybridized carbons (Fsp3) is 0.381. The molecule has 0 bridgehead atoms. The second-order valence-electron chi connectivity index (χ2n) is 7.51. The summed E-state index contributed by atoms with van der Waals surface area (Å²) in [6.45, 7) is 3.36. The number of nitrogens with zero attached hydrogens (tertiary/aromatic N) is 1. The molecule has 152 valence electrons. The Hall–Kier alpha value is -2.15. The molecular weight excluding hydrogens is 411 g/mol. The third kappa shape index (κ3) is 3.50. The molecule has 3 N–H and O–H groups in total. The molecule has 1 spiro atoms. The molecule has 0 aliphatic carbocycles. The van der Waals surface area contributed by atoms with E-state index in [1.807, 2.05) is 30.3 Å². The minimum atomic E-state index is -0.274. The number of hydrogen-bond acceptors (Lipinski definition) is 5. The number of benzene rings is 2. The molecule has 0 amide bonds. The number of hydrogen-bond donors (Lipinski definition) is 3. The van der Waals surface area contributed by atoms with Crippen LogP contribution in [0.2, 0.25) is 10.0 Å². The van der Waals surface area contributed by atoms with Gasteiger partial charge in [-0.1, -0.05) is 35.3 Å². The quantitative estimate of drug-likeness (QED) is 0.658. The van der Waals surface area contributed by atoms with Crippen LogP contribution < -0.4 is 25.4 Å². The van der Waals surface area contributed by atoms with E-state index in [4.69, 9.17) is 37.7 Å². The zero-order valence-electron chi connectivity index (χ0n) is 15.9. The molecule has 0 aromatic heterocycles. The monoisotopic (exact) mass is 432 g/mol. The first-order valence-corrected chi connectivity index (χ1v) is 10.6. The van der Waals surface area contributed by atoms with Crippen LogP contribution in [0.3, 0.4) is 0 Å². The van der Waals surface area contributed by atoms with Crippen LogP contribution in [0.4, 0.5) is 11.4 Å². The van der Waals surface area contributed by atoms with E-state index < -0.39 is 0 Å². The third-order valence-corrected chi connectivity index (χ3v) is 6.12. The zero-order chi connectivity index (χ0) is 19.8. The van der Waals surface area contributed by atoms with E-state index in [9.17, 15) is 0 Å². The van der Waals surface area contributed by atoms with Gasteiger partial charge in [0.1, 0.15) is 24.7 Å². The van der Waals surface area contributed by atoms with Crippen molar-refractivity contribution in [3.8, 4) is 11.5 Å². The standard InChI is InChI=1S/C21H22Cl2N4O2/c22-14-3-1-2-13(10-14)12-25-20-21(4-6-24-7-5-21)27-16-11-15(23)18-19(17(16)26-20)29-9-8-28-18/h1-3,10-11,24,27H,4-9,12H2,(H,25,26). The lowest BCUT2D eigenvalue weighted by Gasteiger charge is -2.44. The number of piperidine rings is 1. The highest BCUT2D eigenvalue weighted by Gasteiger charge is 2.42. The highest BCUT2D eigenvalue weighted by molar-refractivity contribution is 6.33. The van der Waals surface area contributed by atoms with Gasteiger partial charge in [-0.25, -0.2) is 0 Å². The highest BCUT2D eigenvalue weighted by Crippen LogP contribution is 2.50. The number of rotatable bonds is 2. The van der Waals surface area contributed by atoms with Crippen LogP contribution in [0, 0.1) is 0 Å². The lowest BCUT2D eigenvalue weighted by atomic mass is 9.84. The fourth-order valence-electron chi connectivity index (χ4n) is 4.16. The Morgan fingerprint density at radius 2 is 1.83 bits per heavy atom. The smallest absolute Gasteiger partial charge is 0.188 e. The number of fused-ring (bicyclic) bond motifs is 3. The Balaban J connectivity index is 1.55. The SMILES string of the molecule is Clc1cccc(CN=C2Nc3c(cc(Cl)c4c3OCCO4)NC23CCNCC3)c1. The average Bonchev–Trinajstić information content (AvgIpc) is 2.73. The van der Waals surface area contributed by atoms with Crippen LogP contribution >= 0.6 is 23.2 Å². The number of aliphatic imine (C=N–C) groups is 1.